The largest absolute Gasteiger partial charge is 0.362 e. The minimum Gasteiger partial charge on any atom is -0.362 e. The van der Waals surface area contributed by atoms with Crippen LogP contribution < -0.4 is 15.5 Å². The molecule has 0 radical (unpaired) electrons. The summed E-state index contributed by atoms with van der Waals surface area (Å²) in [5.74, 6) is 1.72. The average Bonchev–Trinajstić information content (AvgIpc) is 2.39. The van der Waals surface area contributed by atoms with Gasteiger partial charge < -0.3 is 15.5 Å². The number of nitrogens with zero attached hydrogens (tertiary/aromatic N) is 3. The molecule has 2 N–H and O–H groups in total. The predicted octanol–water partition coefficient (Wildman–Crippen LogP) is 0.999. The van der Waals surface area contributed by atoms with Gasteiger partial charge in [0.25, 0.3) is 0 Å². The maximum Gasteiger partial charge on any atom is 0.191 e. The molecule has 0 unspecified atom stereocenters. The van der Waals surface area contributed by atoms with E-state index in [1.54, 1.807) is 19.3 Å². The first kappa shape index (κ1) is 14.0. The van der Waals surface area contributed by atoms with E-state index in [9.17, 15) is 0 Å². The zero-order chi connectivity index (χ0) is 13.4. The summed E-state index contributed by atoms with van der Waals surface area (Å²) < 4.78 is 0. The molecule has 0 aliphatic rings. The normalized spacial score (nSPS) is 10.9. The summed E-state index contributed by atoms with van der Waals surface area (Å²) in [6.45, 7) is 5.03. The topological polar surface area (TPSA) is 52.6 Å². The van der Waals surface area contributed by atoms with Crippen molar-refractivity contribution in [2.24, 2.45) is 4.99 Å². The van der Waals surface area contributed by atoms with Crippen LogP contribution in [0.3, 0.4) is 0 Å². The third kappa shape index (κ3) is 4.08. The summed E-state index contributed by atoms with van der Waals surface area (Å²) in [7, 11) is 5.71. The van der Waals surface area contributed by atoms with Crippen LogP contribution in [0.15, 0.2) is 36.0 Å². The van der Waals surface area contributed by atoms with Crippen LogP contribution in [0, 0.1) is 0 Å². The van der Waals surface area contributed by atoms with E-state index in [-0.39, 0.29) is 0 Å². The number of aliphatic imine (C=N–C) groups is 1. The number of aromatic nitrogens is 1. The smallest absolute Gasteiger partial charge is 0.191 e. The van der Waals surface area contributed by atoms with E-state index in [2.05, 4.69) is 33.3 Å². The molecule has 0 saturated carbocycles. The first-order valence-electron chi connectivity index (χ1n) is 5.85. The fourth-order valence-corrected chi connectivity index (χ4v) is 1.54. The van der Waals surface area contributed by atoms with Gasteiger partial charge >= 0.3 is 0 Å². The number of nitrogens with one attached hydrogen (secondary N) is 2. The van der Waals surface area contributed by atoms with Gasteiger partial charge in [-0.05, 0) is 6.07 Å². The van der Waals surface area contributed by atoms with Crippen molar-refractivity contribution < 1.29 is 0 Å². The van der Waals surface area contributed by atoms with Crippen LogP contribution in [0.4, 0.5) is 5.82 Å². The Kier molecular flexibility index (Phi) is 5.70. The number of pyridine rings is 1. The molecule has 0 saturated heterocycles. The minimum absolute atomic E-state index is 0.679. The Morgan fingerprint density at radius 3 is 2.89 bits per heavy atom. The van der Waals surface area contributed by atoms with Crippen LogP contribution in [0.5, 0.6) is 0 Å². The molecule has 0 spiro atoms. The highest BCUT2D eigenvalue weighted by molar-refractivity contribution is 5.79. The number of hydrogen-bond donors (Lipinski definition) is 2. The van der Waals surface area contributed by atoms with Crippen molar-refractivity contribution in [3.8, 4) is 0 Å². The third-order valence-corrected chi connectivity index (χ3v) is 2.37. The first-order chi connectivity index (χ1) is 8.69. The molecule has 1 aromatic rings. The van der Waals surface area contributed by atoms with Crippen molar-refractivity contribution in [2.75, 3.05) is 32.6 Å². The molecule has 0 bridgehead atoms. The molecule has 0 aromatic carbocycles. The molecule has 98 valence electrons. The highest BCUT2D eigenvalue weighted by Gasteiger charge is 2.05. The van der Waals surface area contributed by atoms with Gasteiger partial charge in [-0.15, -0.1) is 6.58 Å². The number of rotatable bonds is 5. The monoisotopic (exact) mass is 247 g/mol. The molecule has 1 aromatic heterocycles. The van der Waals surface area contributed by atoms with Gasteiger partial charge in [0.1, 0.15) is 5.82 Å². The molecule has 0 amide bonds. The second-order valence-electron chi connectivity index (χ2n) is 3.98. The fourth-order valence-electron chi connectivity index (χ4n) is 1.54. The van der Waals surface area contributed by atoms with Crippen LogP contribution in [0.2, 0.25) is 0 Å². The molecular weight excluding hydrogens is 226 g/mol. The van der Waals surface area contributed by atoms with E-state index in [4.69, 9.17) is 0 Å². The number of hydrogen-bond acceptors (Lipinski definition) is 3. The summed E-state index contributed by atoms with van der Waals surface area (Å²) in [5, 5.41) is 6.37. The molecule has 0 atom stereocenters. The van der Waals surface area contributed by atoms with E-state index < -0.39 is 0 Å². The van der Waals surface area contributed by atoms with E-state index in [0.717, 1.165) is 17.3 Å². The van der Waals surface area contributed by atoms with Crippen LogP contribution in [0.1, 0.15) is 5.56 Å². The maximum absolute atomic E-state index is 4.35. The number of guanidine groups is 1. The summed E-state index contributed by atoms with van der Waals surface area (Å²) in [6, 6.07) is 3.99. The zero-order valence-corrected chi connectivity index (χ0v) is 11.3. The first-order valence-corrected chi connectivity index (χ1v) is 5.85. The average molecular weight is 247 g/mol. The Balaban J connectivity index is 2.65. The van der Waals surface area contributed by atoms with Gasteiger partial charge in [0.05, 0.1) is 0 Å². The Morgan fingerprint density at radius 1 is 1.50 bits per heavy atom. The lowest BCUT2D eigenvalue weighted by Gasteiger charge is -2.17. The Labute approximate surface area is 109 Å². The Hall–Kier alpha value is -2.04. The van der Waals surface area contributed by atoms with Crippen molar-refractivity contribution in [2.45, 2.75) is 6.54 Å². The molecule has 18 heavy (non-hydrogen) atoms. The van der Waals surface area contributed by atoms with Gasteiger partial charge in [-0.2, -0.15) is 0 Å². The van der Waals surface area contributed by atoms with Crippen LogP contribution in [-0.4, -0.2) is 38.6 Å². The molecule has 5 heteroatoms. The van der Waals surface area contributed by atoms with E-state index in [1.165, 1.54) is 0 Å². The molecule has 1 rings (SSSR count). The Bertz CT molecular complexity index is 412. The number of anilines is 1. The summed E-state index contributed by atoms with van der Waals surface area (Å²) in [6.07, 6.45) is 3.59. The SMILES string of the molecule is C=CCNC(=NC)NCc1cccnc1N(C)C. The highest BCUT2D eigenvalue weighted by Crippen LogP contribution is 2.13. The minimum atomic E-state index is 0.679. The van der Waals surface area contributed by atoms with Crippen LogP contribution in [0.25, 0.3) is 0 Å². The van der Waals surface area contributed by atoms with Gasteiger partial charge in [0.15, 0.2) is 5.96 Å². The quantitative estimate of drug-likeness (QED) is 0.463. The third-order valence-electron chi connectivity index (χ3n) is 2.37. The maximum atomic E-state index is 4.35. The van der Waals surface area contributed by atoms with E-state index in [0.29, 0.717) is 13.1 Å². The van der Waals surface area contributed by atoms with Crippen molar-refractivity contribution in [3.05, 3.63) is 36.5 Å². The lowest BCUT2D eigenvalue weighted by atomic mass is 10.2. The van der Waals surface area contributed by atoms with Crippen LogP contribution in [-0.2, 0) is 6.54 Å². The molecule has 5 nitrogen and oxygen atoms in total. The van der Waals surface area contributed by atoms with Gasteiger partial charge in [0.2, 0.25) is 0 Å². The second-order valence-corrected chi connectivity index (χ2v) is 3.98. The van der Waals surface area contributed by atoms with Crippen LogP contribution >= 0.6 is 0 Å². The lowest BCUT2D eigenvalue weighted by Crippen LogP contribution is -2.37. The van der Waals surface area contributed by atoms with E-state index >= 15 is 0 Å². The second kappa shape index (κ2) is 7.32. The van der Waals surface area contributed by atoms with Crippen molar-refractivity contribution >= 4 is 11.8 Å². The lowest BCUT2D eigenvalue weighted by molar-refractivity contribution is 0.837. The zero-order valence-electron chi connectivity index (χ0n) is 11.3. The molecule has 0 aliphatic carbocycles. The van der Waals surface area contributed by atoms with Crippen molar-refractivity contribution in [1.82, 2.24) is 15.6 Å². The molecule has 1 heterocycles. The van der Waals surface area contributed by atoms with Gasteiger partial charge in [-0.3, -0.25) is 4.99 Å². The summed E-state index contributed by atoms with van der Waals surface area (Å²) in [4.78, 5) is 10.5. The van der Waals surface area contributed by atoms with Gasteiger partial charge in [-0.1, -0.05) is 12.1 Å². The standard InChI is InChI=1S/C13H21N5/c1-5-8-16-13(14-2)17-10-11-7-6-9-15-12(11)18(3)4/h5-7,9H,1,8,10H2,2-4H3,(H2,14,16,17). The summed E-state index contributed by atoms with van der Waals surface area (Å²) in [5.41, 5.74) is 1.13. The summed E-state index contributed by atoms with van der Waals surface area (Å²) >= 11 is 0. The predicted molar refractivity (Wildman–Crippen MR) is 77.0 cm³/mol. The molecule has 0 fully saturated rings. The van der Waals surface area contributed by atoms with Gasteiger partial charge in [-0.25, -0.2) is 4.98 Å². The van der Waals surface area contributed by atoms with Gasteiger partial charge in [0, 0.05) is 46.0 Å². The van der Waals surface area contributed by atoms with Crippen molar-refractivity contribution in [3.63, 3.8) is 0 Å². The highest BCUT2D eigenvalue weighted by atomic mass is 15.2. The Morgan fingerprint density at radius 2 is 2.28 bits per heavy atom. The fraction of sp³-hybridized carbons (Fsp3) is 0.385. The van der Waals surface area contributed by atoms with E-state index in [1.807, 2.05) is 25.1 Å². The van der Waals surface area contributed by atoms with Crippen molar-refractivity contribution in [1.29, 1.82) is 0 Å². The molecule has 0 aliphatic heterocycles. The molecular formula is C13H21N5.